The largest absolute Gasteiger partial charge is 0.346 e. The molecule has 14 heavy (non-hydrogen) atoms. The molecule has 74 valence electrons. The predicted octanol–water partition coefficient (Wildman–Crippen LogP) is 0.862. The highest BCUT2D eigenvalue weighted by atomic mass is 16.7. The minimum atomic E-state index is -2.06. The molecule has 0 aromatic heterocycles. The van der Waals surface area contributed by atoms with Crippen LogP contribution in [0.1, 0.15) is 11.8 Å². The zero-order valence-corrected chi connectivity index (χ0v) is 6.86. The van der Waals surface area contributed by atoms with E-state index in [2.05, 4.69) is 0 Å². The van der Waals surface area contributed by atoms with Crippen molar-refractivity contribution in [1.82, 2.24) is 0 Å². The predicted molar refractivity (Wildman–Crippen MR) is 45.1 cm³/mol. The summed E-state index contributed by atoms with van der Waals surface area (Å²) in [5.74, 6) is 0. The maximum atomic E-state index is 10.4. The molecule has 1 aromatic carbocycles. The Hall–Kier alpha value is -2.02. The zero-order valence-electron chi connectivity index (χ0n) is 6.86. The van der Waals surface area contributed by atoms with Gasteiger partial charge in [-0.25, -0.2) is 0 Å². The first-order valence-electron chi connectivity index (χ1n) is 3.59. The van der Waals surface area contributed by atoms with Gasteiger partial charge in [-0.05, 0) is 6.07 Å². The number of hydrogen-bond acceptors (Lipinski definition) is 5. The third kappa shape index (κ3) is 1.83. The molecule has 0 bridgehead atoms. The van der Waals surface area contributed by atoms with Crippen LogP contribution in [0.5, 0.6) is 0 Å². The van der Waals surface area contributed by atoms with Crippen molar-refractivity contribution in [2.24, 2.45) is 0 Å². The van der Waals surface area contributed by atoms with Gasteiger partial charge in [0.15, 0.2) is 0 Å². The molecular weight excluding hydrogens is 192 g/mol. The minimum absolute atomic E-state index is 0.317. The maximum absolute atomic E-state index is 10.4. The SMILES string of the molecule is O=[N+]([O-])c1ccccc1C(O)[N+](=O)[O-]. The number of nitro groups is 2. The average molecular weight is 198 g/mol. The van der Waals surface area contributed by atoms with E-state index in [0.29, 0.717) is 0 Å². The molecule has 0 spiro atoms. The Bertz CT molecular complexity index is 378. The molecule has 1 unspecified atom stereocenters. The molecule has 0 aliphatic carbocycles. The summed E-state index contributed by atoms with van der Waals surface area (Å²) in [5.41, 5.74) is -0.779. The number of rotatable bonds is 3. The van der Waals surface area contributed by atoms with Crippen molar-refractivity contribution in [3.63, 3.8) is 0 Å². The number of benzene rings is 1. The molecule has 0 radical (unpaired) electrons. The van der Waals surface area contributed by atoms with Crippen LogP contribution in [0.2, 0.25) is 0 Å². The second-order valence-corrected chi connectivity index (χ2v) is 2.47. The molecule has 0 aliphatic heterocycles. The molecular formula is C7H6N2O5. The van der Waals surface area contributed by atoms with E-state index >= 15 is 0 Å². The Labute approximate surface area is 77.9 Å². The second-order valence-electron chi connectivity index (χ2n) is 2.47. The molecule has 1 atom stereocenters. The zero-order chi connectivity index (χ0) is 10.7. The van der Waals surface area contributed by atoms with Gasteiger partial charge in [0.2, 0.25) is 0 Å². The quantitative estimate of drug-likeness (QED) is 0.440. The van der Waals surface area contributed by atoms with Crippen LogP contribution in [0.25, 0.3) is 0 Å². The van der Waals surface area contributed by atoms with Gasteiger partial charge in [0.1, 0.15) is 5.56 Å². The number of aliphatic hydroxyl groups is 1. The van der Waals surface area contributed by atoms with Crippen molar-refractivity contribution in [3.05, 3.63) is 50.1 Å². The van der Waals surface area contributed by atoms with Gasteiger partial charge < -0.3 is 5.11 Å². The Morgan fingerprint density at radius 3 is 2.29 bits per heavy atom. The first-order valence-corrected chi connectivity index (χ1v) is 3.59. The molecule has 0 aliphatic rings. The number of aliphatic hydroxyl groups excluding tert-OH is 1. The Morgan fingerprint density at radius 2 is 1.79 bits per heavy atom. The second kappa shape index (κ2) is 3.79. The van der Waals surface area contributed by atoms with Crippen LogP contribution < -0.4 is 0 Å². The van der Waals surface area contributed by atoms with Crippen molar-refractivity contribution < 1.29 is 15.0 Å². The molecule has 1 N–H and O–H groups in total. The fourth-order valence-corrected chi connectivity index (χ4v) is 0.986. The molecule has 7 nitrogen and oxygen atoms in total. The van der Waals surface area contributed by atoms with E-state index in [9.17, 15) is 20.2 Å². The monoisotopic (exact) mass is 198 g/mol. The van der Waals surface area contributed by atoms with E-state index in [4.69, 9.17) is 5.11 Å². The van der Waals surface area contributed by atoms with Gasteiger partial charge in [-0.3, -0.25) is 20.2 Å². The highest BCUT2D eigenvalue weighted by Crippen LogP contribution is 2.24. The van der Waals surface area contributed by atoms with Crippen molar-refractivity contribution in [3.8, 4) is 0 Å². The van der Waals surface area contributed by atoms with E-state index in [-0.39, 0.29) is 5.56 Å². The molecule has 7 heteroatoms. The molecule has 1 aromatic rings. The summed E-state index contributed by atoms with van der Waals surface area (Å²) >= 11 is 0. The van der Waals surface area contributed by atoms with Crippen LogP contribution in [0.3, 0.4) is 0 Å². The van der Waals surface area contributed by atoms with Gasteiger partial charge in [-0.2, -0.15) is 0 Å². The summed E-state index contributed by atoms with van der Waals surface area (Å²) in [6.45, 7) is 0. The molecule has 0 saturated carbocycles. The van der Waals surface area contributed by atoms with Gasteiger partial charge in [0.25, 0.3) is 5.69 Å². The van der Waals surface area contributed by atoms with Crippen molar-refractivity contribution in [2.45, 2.75) is 6.23 Å². The highest BCUT2D eigenvalue weighted by molar-refractivity contribution is 5.40. The first kappa shape index (κ1) is 10.1. The van der Waals surface area contributed by atoms with E-state index < -0.39 is 21.8 Å². The molecule has 1 rings (SSSR count). The molecule has 0 heterocycles. The topological polar surface area (TPSA) is 107 Å². The van der Waals surface area contributed by atoms with Gasteiger partial charge in [0.05, 0.1) is 9.85 Å². The average Bonchev–Trinajstić information content (AvgIpc) is 2.16. The summed E-state index contributed by atoms with van der Waals surface area (Å²) in [6, 6.07) is 5.00. The van der Waals surface area contributed by atoms with Gasteiger partial charge in [0, 0.05) is 6.07 Å². The van der Waals surface area contributed by atoms with E-state index in [1.807, 2.05) is 0 Å². The fourth-order valence-electron chi connectivity index (χ4n) is 0.986. The van der Waals surface area contributed by atoms with Crippen molar-refractivity contribution in [2.75, 3.05) is 0 Å². The lowest BCUT2D eigenvalue weighted by Crippen LogP contribution is -2.11. The number of nitrogens with zero attached hydrogens (tertiary/aromatic N) is 2. The summed E-state index contributed by atoms with van der Waals surface area (Å²) in [4.78, 5) is 18.9. The first-order chi connectivity index (χ1) is 6.54. The van der Waals surface area contributed by atoms with Crippen LogP contribution in [-0.2, 0) is 0 Å². The third-order valence-electron chi connectivity index (χ3n) is 1.61. The van der Waals surface area contributed by atoms with E-state index in [0.717, 1.165) is 12.1 Å². The standard InChI is InChI=1S/C7H6N2O5/c10-7(9(13)14)5-3-1-2-4-6(5)8(11)12/h1-4,7,10H. The van der Waals surface area contributed by atoms with Crippen LogP contribution in [0, 0.1) is 20.2 Å². The molecule has 0 saturated heterocycles. The summed E-state index contributed by atoms with van der Waals surface area (Å²) in [7, 11) is 0. The minimum Gasteiger partial charge on any atom is -0.329 e. The van der Waals surface area contributed by atoms with Crippen LogP contribution in [0.4, 0.5) is 5.69 Å². The summed E-state index contributed by atoms with van der Waals surface area (Å²) in [5, 5.41) is 29.7. The van der Waals surface area contributed by atoms with Gasteiger partial charge in [-0.1, -0.05) is 12.1 Å². The fraction of sp³-hybridized carbons (Fsp3) is 0.143. The lowest BCUT2D eigenvalue weighted by molar-refractivity contribution is -0.579. The lowest BCUT2D eigenvalue weighted by atomic mass is 10.1. The third-order valence-corrected chi connectivity index (χ3v) is 1.61. The number of hydrogen-bond donors (Lipinski definition) is 1. The van der Waals surface area contributed by atoms with Crippen LogP contribution in [0.15, 0.2) is 24.3 Å². The Morgan fingerprint density at radius 1 is 1.21 bits per heavy atom. The van der Waals surface area contributed by atoms with E-state index in [1.165, 1.54) is 12.1 Å². The summed E-state index contributed by atoms with van der Waals surface area (Å²) in [6.07, 6.45) is -2.06. The number of para-hydroxylation sites is 1. The highest BCUT2D eigenvalue weighted by Gasteiger charge is 2.27. The summed E-state index contributed by atoms with van der Waals surface area (Å²) < 4.78 is 0. The normalized spacial score (nSPS) is 12.1. The lowest BCUT2D eigenvalue weighted by Gasteiger charge is -2.02. The van der Waals surface area contributed by atoms with Gasteiger partial charge >= 0.3 is 6.23 Å². The van der Waals surface area contributed by atoms with Crippen molar-refractivity contribution in [1.29, 1.82) is 0 Å². The van der Waals surface area contributed by atoms with Crippen molar-refractivity contribution >= 4 is 5.69 Å². The Kier molecular flexibility index (Phi) is 2.73. The Balaban J connectivity index is 3.19. The smallest absolute Gasteiger partial charge is 0.329 e. The van der Waals surface area contributed by atoms with Gasteiger partial charge in [-0.15, -0.1) is 0 Å². The van der Waals surface area contributed by atoms with E-state index in [1.54, 1.807) is 0 Å². The number of nitro benzene ring substituents is 1. The maximum Gasteiger partial charge on any atom is 0.346 e. The van der Waals surface area contributed by atoms with Crippen LogP contribution >= 0.6 is 0 Å². The van der Waals surface area contributed by atoms with Crippen LogP contribution in [-0.4, -0.2) is 15.0 Å². The molecule has 0 amide bonds. The molecule has 0 fully saturated rings.